The van der Waals surface area contributed by atoms with Crippen molar-refractivity contribution in [1.82, 2.24) is 0 Å². The Bertz CT molecular complexity index is 614. The first-order valence-corrected chi connectivity index (χ1v) is 7.04. The van der Waals surface area contributed by atoms with Crippen molar-refractivity contribution in [3.63, 3.8) is 0 Å². The SMILES string of the molecule is CCc1ccccc1CNc1cc(Br)ccc1C#N. The highest BCUT2D eigenvalue weighted by molar-refractivity contribution is 9.10. The van der Waals surface area contributed by atoms with Gasteiger partial charge in [0.2, 0.25) is 0 Å². The Hall–Kier alpha value is -1.79. The van der Waals surface area contributed by atoms with Crippen LogP contribution in [0.3, 0.4) is 0 Å². The molecule has 2 aromatic carbocycles. The lowest BCUT2D eigenvalue weighted by molar-refractivity contribution is 1.04. The molecule has 0 saturated carbocycles. The summed E-state index contributed by atoms with van der Waals surface area (Å²) in [4.78, 5) is 0. The highest BCUT2D eigenvalue weighted by atomic mass is 79.9. The number of benzene rings is 2. The first-order valence-electron chi connectivity index (χ1n) is 6.25. The van der Waals surface area contributed by atoms with E-state index in [0.29, 0.717) is 5.56 Å². The molecular formula is C16H15BrN2. The van der Waals surface area contributed by atoms with E-state index in [0.717, 1.165) is 23.1 Å². The van der Waals surface area contributed by atoms with Gasteiger partial charge in [0.1, 0.15) is 6.07 Å². The molecule has 0 unspecified atom stereocenters. The van der Waals surface area contributed by atoms with Gasteiger partial charge >= 0.3 is 0 Å². The molecule has 0 fully saturated rings. The van der Waals surface area contributed by atoms with Crippen molar-refractivity contribution in [2.24, 2.45) is 0 Å². The molecule has 0 bridgehead atoms. The van der Waals surface area contributed by atoms with Gasteiger partial charge in [0, 0.05) is 11.0 Å². The monoisotopic (exact) mass is 314 g/mol. The molecule has 0 spiro atoms. The highest BCUT2D eigenvalue weighted by Gasteiger charge is 2.04. The van der Waals surface area contributed by atoms with E-state index in [1.54, 1.807) is 0 Å². The fourth-order valence-electron chi connectivity index (χ4n) is 2.03. The normalized spacial score (nSPS) is 9.95. The van der Waals surface area contributed by atoms with Gasteiger partial charge in [-0.2, -0.15) is 5.26 Å². The minimum absolute atomic E-state index is 0.664. The van der Waals surface area contributed by atoms with Crippen molar-refractivity contribution in [1.29, 1.82) is 5.26 Å². The van der Waals surface area contributed by atoms with E-state index in [2.05, 4.69) is 52.4 Å². The molecule has 0 radical (unpaired) electrons. The predicted octanol–water partition coefficient (Wildman–Crippen LogP) is 4.50. The third-order valence-corrected chi connectivity index (χ3v) is 3.56. The summed E-state index contributed by atoms with van der Waals surface area (Å²) in [5.74, 6) is 0. The molecule has 0 heterocycles. The number of nitriles is 1. The summed E-state index contributed by atoms with van der Waals surface area (Å²) in [5.41, 5.74) is 4.14. The number of halogens is 1. The fourth-order valence-corrected chi connectivity index (χ4v) is 2.39. The molecule has 19 heavy (non-hydrogen) atoms. The minimum atomic E-state index is 0.664. The van der Waals surface area contributed by atoms with Crippen molar-refractivity contribution in [2.45, 2.75) is 19.9 Å². The number of hydrogen-bond donors (Lipinski definition) is 1. The van der Waals surface area contributed by atoms with Gasteiger partial charge in [-0.15, -0.1) is 0 Å². The number of anilines is 1. The summed E-state index contributed by atoms with van der Waals surface area (Å²) < 4.78 is 0.970. The Balaban J connectivity index is 2.19. The Morgan fingerprint density at radius 2 is 1.89 bits per heavy atom. The van der Waals surface area contributed by atoms with Gasteiger partial charge in [-0.05, 0) is 35.7 Å². The van der Waals surface area contributed by atoms with Gasteiger partial charge in [-0.1, -0.05) is 47.1 Å². The fraction of sp³-hybridized carbons (Fsp3) is 0.188. The zero-order valence-corrected chi connectivity index (χ0v) is 12.4. The first-order chi connectivity index (χ1) is 9.24. The largest absolute Gasteiger partial charge is 0.380 e. The Morgan fingerprint density at radius 1 is 1.16 bits per heavy atom. The van der Waals surface area contributed by atoms with Crippen LogP contribution in [-0.2, 0) is 13.0 Å². The zero-order chi connectivity index (χ0) is 13.7. The van der Waals surface area contributed by atoms with Crippen molar-refractivity contribution in [3.8, 4) is 6.07 Å². The molecule has 0 aromatic heterocycles. The number of nitrogens with one attached hydrogen (secondary N) is 1. The molecule has 0 aliphatic carbocycles. The molecule has 0 atom stereocenters. The van der Waals surface area contributed by atoms with Gasteiger partial charge in [0.15, 0.2) is 0 Å². The maximum absolute atomic E-state index is 9.10. The molecule has 0 saturated heterocycles. The molecule has 3 heteroatoms. The van der Waals surface area contributed by atoms with Crippen molar-refractivity contribution < 1.29 is 0 Å². The van der Waals surface area contributed by atoms with Crippen LogP contribution in [0.2, 0.25) is 0 Å². The van der Waals surface area contributed by atoms with Crippen LogP contribution < -0.4 is 5.32 Å². The molecule has 2 aromatic rings. The first kappa shape index (κ1) is 13.6. The Labute approximate surface area is 122 Å². The second kappa shape index (κ2) is 6.40. The number of nitrogens with zero attached hydrogens (tertiary/aromatic N) is 1. The van der Waals surface area contributed by atoms with Gasteiger partial charge in [-0.3, -0.25) is 0 Å². The maximum atomic E-state index is 9.10. The van der Waals surface area contributed by atoms with Crippen LogP contribution in [0.25, 0.3) is 0 Å². The summed E-state index contributed by atoms with van der Waals surface area (Å²) in [6.07, 6.45) is 1.02. The lowest BCUT2D eigenvalue weighted by atomic mass is 10.1. The lowest BCUT2D eigenvalue weighted by Gasteiger charge is -2.11. The molecular weight excluding hydrogens is 300 g/mol. The number of aryl methyl sites for hydroxylation is 1. The second-order valence-corrected chi connectivity index (χ2v) is 5.19. The van der Waals surface area contributed by atoms with Gasteiger partial charge in [0.25, 0.3) is 0 Å². The average molecular weight is 315 g/mol. The number of rotatable bonds is 4. The van der Waals surface area contributed by atoms with Crippen LogP contribution in [0.1, 0.15) is 23.6 Å². The molecule has 96 valence electrons. The summed E-state index contributed by atoms with van der Waals surface area (Å²) in [5, 5.41) is 12.4. The van der Waals surface area contributed by atoms with E-state index in [-0.39, 0.29) is 0 Å². The highest BCUT2D eigenvalue weighted by Crippen LogP contribution is 2.22. The van der Waals surface area contributed by atoms with E-state index >= 15 is 0 Å². The van der Waals surface area contributed by atoms with Crippen molar-refractivity contribution in [2.75, 3.05) is 5.32 Å². The van der Waals surface area contributed by atoms with Gasteiger partial charge in [-0.25, -0.2) is 0 Å². The van der Waals surface area contributed by atoms with E-state index < -0.39 is 0 Å². The van der Waals surface area contributed by atoms with Gasteiger partial charge in [0.05, 0.1) is 11.3 Å². The molecule has 0 aliphatic rings. The minimum Gasteiger partial charge on any atom is -0.380 e. The van der Waals surface area contributed by atoms with Crippen LogP contribution >= 0.6 is 15.9 Å². The van der Waals surface area contributed by atoms with Crippen LogP contribution in [0.4, 0.5) is 5.69 Å². The average Bonchev–Trinajstić information content (AvgIpc) is 2.45. The van der Waals surface area contributed by atoms with Crippen LogP contribution in [-0.4, -0.2) is 0 Å². The quantitative estimate of drug-likeness (QED) is 0.902. The summed E-state index contributed by atoms with van der Waals surface area (Å²) >= 11 is 3.43. The molecule has 2 rings (SSSR count). The standard InChI is InChI=1S/C16H15BrN2/c1-2-12-5-3-4-6-14(12)11-19-16-9-15(17)8-7-13(16)10-18/h3-9,19H,2,11H2,1H3. The van der Waals surface area contributed by atoms with E-state index in [9.17, 15) is 0 Å². The Morgan fingerprint density at radius 3 is 2.58 bits per heavy atom. The predicted molar refractivity (Wildman–Crippen MR) is 82.0 cm³/mol. The summed E-state index contributed by atoms with van der Waals surface area (Å²) in [6.45, 7) is 2.88. The molecule has 0 amide bonds. The summed E-state index contributed by atoms with van der Waals surface area (Å²) in [7, 11) is 0. The second-order valence-electron chi connectivity index (χ2n) is 4.28. The Kier molecular flexibility index (Phi) is 4.59. The smallest absolute Gasteiger partial charge is 0.101 e. The van der Waals surface area contributed by atoms with Crippen molar-refractivity contribution >= 4 is 21.6 Å². The topological polar surface area (TPSA) is 35.8 Å². The van der Waals surface area contributed by atoms with E-state index in [1.165, 1.54) is 11.1 Å². The third kappa shape index (κ3) is 3.36. The number of hydrogen-bond acceptors (Lipinski definition) is 2. The van der Waals surface area contributed by atoms with E-state index in [1.807, 2.05) is 24.3 Å². The van der Waals surface area contributed by atoms with Gasteiger partial charge < -0.3 is 5.32 Å². The van der Waals surface area contributed by atoms with Crippen molar-refractivity contribution in [3.05, 3.63) is 63.6 Å². The van der Waals surface area contributed by atoms with Crippen LogP contribution in [0.5, 0.6) is 0 Å². The molecule has 0 aliphatic heterocycles. The molecule has 2 nitrogen and oxygen atoms in total. The maximum Gasteiger partial charge on any atom is 0.101 e. The van der Waals surface area contributed by atoms with Crippen LogP contribution in [0, 0.1) is 11.3 Å². The molecule has 1 N–H and O–H groups in total. The lowest BCUT2D eigenvalue weighted by Crippen LogP contribution is -2.03. The third-order valence-electron chi connectivity index (χ3n) is 3.07. The zero-order valence-electron chi connectivity index (χ0n) is 10.8. The van der Waals surface area contributed by atoms with E-state index in [4.69, 9.17) is 5.26 Å². The van der Waals surface area contributed by atoms with Crippen LogP contribution in [0.15, 0.2) is 46.9 Å². The summed E-state index contributed by atoms with van der Waals surface area (Å²) in [6, 6.07) is 16.2.